The first-order valence-corrected chi connectivity index (χ1v) is 9.38. The zero-order chi connectivity index (χ0) is 18.9. The fraction of sp³-hybridized carbons (Fsp3) is 0.222. The summed E-state index contributed by atoms with van der Waals surface area (Å²) in [6.45, 7) is 5.28. The summed E-state index contributed by atoms with van der Waals surface area (Å²) in [5, 5.41) is 3.17. The maximum atomic E-state index is 12.8. The highest BCUT2D eigenvalue weighted by molar-refractivity contribution is 7.90. The summed E-state index contributed by atoms with van der Waals surface area (Å²) in [6.07, 6.45) is 2.25. The van der Waals surface area contributed by atoms with Gasteiger partial charge in [0.05, 0.1) is 16.6 Å². The fourth-order valence-electron chi connectivity index (χ4n) is 2.40. The molecule has 0 radical (unpaired) electrons. The van der Waals surface area contributed by atoms with Crippen molar-refractivity contribution in [3.8, 4) is 0 Å². The standard InChI is InChI=1S/C18H19N3O4S/c1-18(2,3)25-17(22)20-16-11-13-9-10-21(15(13)12-19-16)26(23,24)14-7-5-4-6-8-14/h4-12H,1-3H3,(H,19,20,22). The van der Waals surface area contributed by atoms with Crippen molar-refractivity contribution in [1.82, 2.24) is 8.96 Å². The van der Waals surface area contributed by atoms with Gasteiger partial charge in [-0.05, 0) is 45.0 Å². The molecule has 8 heteroatoms. The van der Waals surface area contributed by atoms with Gasteiger partial charge in [-0.2, -0.15) is 0 Å². The molecule has 136 valence electrons. The van der Waals surface area contributed by atoms with Crippen LogP contribution in [0, 0.1) is 0 Å². The van der Waals surface area contributed by atoms with E-state index < -0.39 is 21.7 Å². The Morgan fingerprint density at radius 3 is 2.50 bits per heavy atom. The number of benzene rings is 1. The molecule has 2 heterocycles. The largest absolute Gasteiger partial charge is 0.444 e. The number of nitrogens with one attached hydrogen (secondary N) is 1. The molecule has 0 aliphatic rings. The summed E-state index contributed by atoms with van der Waals surface area (Å²) in [5.41, 5.74) is -0.204. The number of pyridine rings is 1. The van der Waals surface area contributed by atoms with Gasteiger partial charge in [0.2, 0.25) is 0 Å². The Balaban J connectivity index is 1.92. The van der Waals surface area contributed by atoms with Gasteiger partial charge in [-0.15, -0.1) is 0 Å². The summed E-state index contributed by atoms with van der Waals surface area (Å²) in [6, 6.07) is 11.4. The molecule has 0 spiro atoms. The van der Waals surface area contributed by atoms with Crippen molar-refractivity contribution in [1.29, 1.82) is 0 Å². The van der Waals surface area contributed by atoms with Crippen LogP contribution in [0.4, 0.5) is 10.6 Å². The Bertz CT molecular complexity index is 1050. The Morgan fingerprint density at radius 2 is 1.85 bits per heavy atom. The number of anilines is 1. The van der Waals surface area contributed by atoms with Gasteiger partial charge < -0.3 is 4.74 Å². The molecule has 2 aromatic heterocycles. The van der Waals surface area contributed by atoms with Gasteiger partial charge in [0, 0.05) is 11.6 Å². The second kappa shape index (κ2) is 6.45. The first kappa shape index (κ1) is 17.9. The molecule has 0 bridgehead atoms. The van der Waals surface area contributed by atoms with E-state index in [-0.39, 0.29) is 10.7 Å². The number of rotatable bonds is 3. The molecule has 7 nitrogen and oxygen atoms in total. The third-order valence-electron chi connectivity index (χ3n) is 3.47. The van der Waals surface area contributed by atoms with Crippen LogP contribution >= 0.6 is 0 Å². The van der Waals surface area contributed by atoms with Crippen molar-refractivity contribution in [3.63, 3.8) is 0 Å². The Morgan fingerprint density at radius 1 is 1.15 bits per heavy atom. The third-order valence-corrected chi connectivity index (χ3v) is 5.17. The van der Waals surface area contributed by atoms with Crippen molar-refractivity contribution < 1.29 is 17.9 Å². The number of hydrogen-bond acceptors (Lipinski definition) is 5. The number of hydrogen-bond donors (Lipinski definition) is 1. The summed E-state index contributed by atoms with van der Waals surface area (Å²) < 4.78 is 31.9. The second-order valence-electron chi connectivity index (χ2n) is 6.68. The van der Waals surface area contributed by atoms with E-state index in [4.69, 9.17) is 4.74 Å². The van der Waals surface area contributed by atoms with Gasteiger partial charge in [0.25, 0.3) is 10.0 Å². The molecule has 0 atom stereocenters. The number of ether oxygens (including phenoxy) is 1. The van der Waals surface area contributed by atoms with Crippen LogP contribution in [-0.4, -0.2) is 29.1 Å². The predicted octanol–water partition coefficient (Wildman–Crippen LogP) is 3.62. The molecule has 3 rings (SSSR count). The minimum atomic E-state index is -3.72. The zero-order valence-corrected chi connectivity index (χ0v) is 15.4. The lowest BCUT2D eigenvalue weighted by Gasteiger charge is -2.19. The molecular formula is C18H19N3O4S. The van der Waals surface area contributed by atoms with Crippen molar-refractivity contribution >= 4 is 32.8 Å². The highest BCUT2D eigenvalue weighted by Crippen LogP contribution is 2.23. The van der Waals surface area contributed by atoms with Gasteiger partial charge in [-0.1, -0.05) is 18.2 Å². The van der Waals surface area contributed by atoms with Crippen LogP contribution in [-0.2, 0) is 14.8 Å². The van der Waals surface area contributed by atoms with E-state index in [0.717, 1.165) is 0 Å². The molecule has 1 N–H and O–H groups in total. The average Bonchev–Trinajstić information content (AvgIpc) is 2.97. The first-order chi connectivity index (χ1) is 12.2. The Labute approximate surface area is 151 Å². The lowest BCUT2D eigenvalue weighted by molar-refractivity contribution is 0.0635. The Kier molecular flexibility index (Phi) is 4.45. The molecule has 1 aromatic carbocycles. The van der Waals surface area contributed by atoms with Crippen molar-refractivity contribution in [2.45, 2.75) is 31.3 Å². The monoisotopic (exact) mass is 373 g/mol. The SMILES string of the molecule is CC(C)(C)OC(=O)Nc1cc2ccn(S(=O)(=O)c3ccccc3)c2cn1. The van der Waals surface area contributed by atoms with E-state index in [9.17, 15) is 13.2 Å². The van der Waals surface area contributed by atoms with Crippen LogP contribution in [0.5, 0.6) is 0 Å². The van der Waals surface area contributed by atoms with E-state index >= 15 is 0 Å². The number of carbonyl (C=O) groups is 1. The van der Waals surface area contributed by atoms with Crippen molar-refractivity contribution in [2.24, 2.45) is 0 Å². The van der Waals surface area contributed by atoms with Gasteiger partial charge >= 0.3 is 6.09 Å². The smallest absolute Gasteiger partial charge is 0.413 e. The molecule has 0 aliphatic carbocycles. The second-order valence-corrected chi connectivity index (χ2v) is 8.50. The van der Waals surface area contributed by atoms with E-state index in [1.54, 1.807) is 51.1 Å². The lowest BCUT2D eigenvalue weighted by atomic mass is 10.2. The minimum Gasteiger partial charge on any atom is -0.444 e. The molecule has 0 saturated heterocycles. The van der Waals surface area contributed by atoms with Crippen LogP contribution in [0.2, 0.25) is 0 Å². The Hall–Kier alpha value is -2.87. The third kappa shape index (κ3) is 3.70. The quantitative estimate of drug-likeness (QED) is 0.757. The maximum absolute atomic E-state index is 12.8. The van der Waals surface area contributed by atoms with Crippen LogP contribution in [0.3, 0.4) is 0 Å². The molecule has 0 fully saturated rings. The topological polar surface area (TPSA) is 90.3 Å². The highest BCUT2D eigenvalue weighted by Gasteiger charge is 2.20. The van der Waals surface area contributed by atoms with Crippen LogP contribution in [0.25, 0.3) is 10.9 Å². The lowest BCUT2D eigenvalue weighted by Crippen LogP contribution is -2.27. The number of nitrogens with zero attached hydrogens (tertiary/aromatic N) is 2. The van der Waals surface area contributed by atoms with E-state index in [1.165, 1.54) is 28.5 Å². The van der Waals surface area contributed by atoms with E-state index in [2.05, 4.69) is 10.3 Å². The molecular weight excluding hydrogens is 354 g/mol. The highest BCUT2D eigenvalue weighted by atomic mass is 32.2. The zero-order valence-electron chi connectivity index (χ0n) is 14.6. The molecule has 0 saturated carbocycles. The predicted molar refractivity (Wildman–Crippen MR) is 98.6 cm³/mol. The number of carbonyl (C=O) groups excluding carboxylic acids is 1. The summed E-state index contributed by atoms with van der Waals surface area (Å²) in [5.74, 6) is 0.279. The van der Waals surface area contributed by atoms with Gasteiger partial charge in [0.15, 0.2) is 0 Å². The van der Waals surface area contributed by atoms with E-state index in [0.29, 0.717) is 10.9 Å². The molecule has 1 amide bonds. The molecule has 0 unspecified atom stereocenters. The van der Waals surface area contributed by atoms with Crippen molar-refractivity contribution in [2.75, 3.05) is 5.32 Å². The summed E-state index contributed by atoms with van der Waals surface area (Å²) >= 11 is 0. The normalized spacial score (nSPS) is 12.1. The minimum absolute atomic E-state index is 0.188. The fourth-order valence-corrected chi connectivity index (χ4v) is 3.76. The number of amides is 1. The average molecular weight is 373 g/mol. The van der Waals surface area contributed by atoms with Crippen LogP contribution in [0.15, 0.2) is 59.8 Å². The summed E-state index contributed by atoms with van der Waals surface area (Å²) in [7, 11) is -3.72. The summed E-state index contributed by atoms with van der Waals surface area (Å²) in [4.78, 5) is 16.1. The molecule has 26 heavy (non-hydrogen) atoms. The molecule has 3 aromatic rings. The maximum Gasteiger partial charge on any atom is 0.413 e. The number of aromatic nitrogens is 2. The molecule has 0 aliphatic heterocycles. The van der Waals surface area contributed by atoms with Crippen molar-refractivity contribution in [3.05, 3.63) is 54.9 Å². The van der Waals surface area contributed by atoms with Gasteiger partial charge in [-0.3, -0.25) is 5.32 Å². The van der Waals surface area contributed by atoms with E-state index in [1.807, 2.05) is 0 Å². The van der Waals surface area contributed by atoms with Gasteiger partial charge in [-0.25, -0.2) is 22.2 Å². The van der Waals surface area contributed by atoms with Crippen LogP contribution < -0.4 is 5.32 Å². The first-order valence-electron chi connectivity index (χ1n) is 7.94. The van der Waals surface area contributed by atoms with Crippen LogP contribution in [0.1, 0.15) is 20.8 Å². The number of fused-ring (bicyclic) bond motifs is 1. The van der Waals surface area contributed by atoms with Gasteiger partial charge in [0.1, 0.15) is 11.4 Å².